The lowest BCUT2D eigenvalue weighted by Crippen LogP contribution is -2.27. The quantitative estimate of drug-likeness (QED) is 0.478. The summed E-state index contributed by atoms with van der Waals surface area (Å²) in [5, 5.41) is 7.69. The van der Waals surface area contributed by atoms with Crippen molar-refractivity contribution in [3.8, 4) is 5.75 Å². The number of fused-ring (bicyclic) bond motifs is 2. The van der Waals surface area contributed by atoms with Crippen molar-refractivity contribution in [3.05, 3.63) is 82.6 Å². The van der Waals surface area contributed by atoms with Gasteiger partial charge in [0.1, 0.15) is 5.75 Å². The van der Waals surface area contributed by atoms with Crippen LogP contribution in [0.2, 0.25) is 0 Å². The highest BCUT2D eigenvalue weighted by atomic mass is 16.5. The molecule has 0 radical (unpaired) electrons. The summed E-state index contributed by atoms with van der Waals surface area (Å²) in [5.74, 6) is 1.82. The Balaban J connectivity index is 1.47. The van der Waals surface area contributed by atoms with E-state index in [-0.39, 0.29) is 5.91 Å². The van der Waals surface area contributed by atoms with Crippen LogP contribution in [0.4, 0.5) is 0 Å². The van der Waals surface area contributed by atoms with Gasteiger partial charge >= 0.3 is 0 Å². The molecule has 1 aliphatic rings. The number of nitrogens with zero attached hydrogens (tertiary/aromatic N) is 3. The summed E-state index contributed by atoms with van der Waals surface area (Å²) >= 11 is 0. The highest BCUT2D eigenvalue weighted by molar-refractivity contribution is 6.09. The van der Waals surface area contributed by atoms with Crippen LogP contribution in [0.5, 0.6) is 5.75 Å². The molecule has 0 bridgehead atoms. The molecule has 0 aliphatic heterocycles. The van der Waals surface area contributed by atoms with E-state index in [1.54, 1.807) is 14.0 Å². The van der Waals surface area contributed by atoms with Crippen LogP contribution in [-0.4, -0.2) is 34.7 Å². The third kappa shape index (κ3) is 4.22. The minimum absolute atomic E-state index is 0.105. The van der Waals surface area contributed by atoms with Gasteiger partial charge in [-0.15, -0.1) is 0 Å². The molecule has 1 aliphatic carbocycles. The van der Waals surface area contributed by atoms with E-state index in [0.717, 1.165) is 51.9 Å². The zero-order chi connectivity index (χ0) is 22.8. The van der Waals surface area contributed by atoms with Crippen molar-refractivity contribution >= 4 is 28.5 Å². The van der Waals surface area contributed by atoms with Crippen LogP contribution in [0.25, 0.3) is 22.6 Å². The number of carbonyl (C=O) groups excluding carboxylic acids is 1. The molecule has 0 saturated heterocycles. The fourth-order valence-corrected chi connectivity index (χ4v) is 4.25. The Bertz CT molecular complexity index is 1360. The number of carbonyl (C=O) groups is 1. The number of hydrogen-bond donors (Lipinski definition) is 1. The summed E-state index contributed by atoms with van der Waals surface area (Å²) in [6.45, 7) is 2.19. The molecule has 7 heteroatoms. The Hall–Kier alpha value is -4.00. The maximum Gasteiger partial charge on any atom is 0.252 e. The number of methoxy groups -OCH3 is 1. The van der Waals surface area contributed by atoms with Crippen LogP contribution >= 0.6 is 0 Å². The molecule has 0 spiro atoms. The Morgan fingerprint density at radius 1 is 1.12 bits per heavy atom. The van der Waals surface area contributed by atoms with E-state index >= 15 is 0 Å². The number of pyridine rings is 1. The first-order valence-corrected chi connectivity index (χ1v) is 11.0. The van der Waals surface area contributed by atoms with Gasteiger partial charge in [-0.2, -0.15) is 4.98 Å². The summed E-state index contributed by atoms with van der Waals surface area (Å²) in [6.07, 6.45) is 4.25. The van der Waals surface area contributed by atoms with Crippen molar-refractivity contribution in [2.24, 2.45) is 0 Å². The van der Waals surface area contributed by atoms with E-state index in [1.165, 1.54) is 0 Å². The number of allylic oxidation sites excluding steroid dienone is 1. The van der Waals surface area contributed by atoms with Crippen molar-refractivity contribution in [2.75, 3.05) is 13.7 Å². The first-order chi connectivity index (χ1) is 16.1. The van der Waals surface area contributed by atoms with Crippen LogP contribution < -0.4 is 10.1 Å². The Labute approximate surface area is 191 Å². The molecule has 2 aromatic heterocycles. The Morgan fingerprint density at radius 3 is 2.70 bits per heavy atom. The fourth-order valence-electron chi connectivity index (χ4n) is 4.25. The lowest BCUT2D eigenvalue weighted by atomic mass is 10.00. The van der Waals surface area contributed by atoms with Crippen LogP contribution in [0.3, 0.4) is 0 Å². The van der Waals surface area contributed by atoms with Crippen LogP contribution in [0, 0.1) is 6.92 Å². The second kappa shape index (κ2) is 8.86. The average molecular weight is 441 g/mol. The number of hydrogen-bond acceptors (Lipinski definition) is 6. The molecule has 5 rings (SSSR count). The smallest absolute Gasteiger partial charge is 0.252 e. The molecule has 2 aromatic carbocycles. The number of para-hydroxylation sites is 1. The highest BCUT2D eigenvalue weighted by Gasteiger charge is 2.26. The number of amides is 1. The predicted octanol–water partition coefficient (Wildman–Crippen LogP) is 4.39. The molecule has 7 nitrogen and oxygen atoms in total. The van der Waals surface area contributed by atoms with Crippen LogP contribution in [0.15, 0.2) is 53.1 Å². The van der Waals surface area contributed by atoms with Gasteiger partial charge in [-0.05, 0) is 60.7 Å². The predicted molar refractivity (Wildman–Crippen MR) is 126 cm³/mol. The number of nitrogens with one attached hydrogen (secondary N) is 1. The van der Waals surface area contributed by atoms with Gasteiger partial charge in [-0.1, -0.05) is 35.5 Å². The van der Waals surface area contributed by atoms with E-state index < -0.39 is 0 Å². The normalized spacial score (nSPS) is 13.9. The van der Waals surface area contributed by atoms with Gasteiger partial charge < -0.3 is 14.6 Å². The molecule has 166 valence electrons. The van der Waals surface area contributed by atoms with Crippen molar-refractivity contribution in [3.63, 3.8) is 0 Å². The zero-order valence-electron chi connectivity index (χ0n) is 18.6. The zero-order valence-corrected chi connectivity index (χ0v) is 18.6. The Kier molecular flexibility index (Phi) is 5.60. The minimum atomic E-state index is -0.105. The van der Waals surface area contributed by atoms with Crippen molar-refractivity contribution in [1.29, 1.82) is 0 Å². The van der Waals surface area contributed by atoms with E-state index in [1.807, 2.05) is 48.5 Å². The average Bonchev–Trinajstić information content (AvgIpc) is 3.43. The second-order valence-electron chi connectivity index (χ2n) is 8.02. The third-order valence-corrected chi connectivity index (χ3v) is 5.82. The van der Waals surface area contributed by atoms with Crippen molar-refractivity contribution in [2.45, 2.75) is 26.2 Å². The number of aryl methyl sites for hydroxylation is 1. The molecule has 4 aromatic rings. The van der Waals surface area contributed by atoms with Gasteiger partial charge in [0.05, 0.1) is 23.9 Å². The SMILES string of the molecule is COc1ccc(/C=C2/CCc3c2nc2ccccc2c3C(=O)NCCc2nc(C)no2)cc1. The lowest BCUT2D eigenvalue weighted by Gasteiger charge is -2.12. The molecular weight excluding hydrogens is 416 g/mol. The van der Waals surface area contributed by atoms with E-state index in [2.05, 4.69) is 21.5 Å². The standard InChI is InChI=1S/C26H24N4O3/c1-16-28-23(33-30-16)13-14-27-26(31)24-20-5-3-4-6-22(20)29-25-18(9-12-21(24)25)15-17-7-10-19(32-2)11-8-17/h3-8,10-11,15H,9,12-14H2,1-2H3,(H,27,31)/b18-15-. The van der Waals surface area contributed by atoms with Gasteiger partial charge in [0.15, 0.2) is 5.82 Å². The summed E-state index contributed by atoms with van der Waals surface area (Å²) < 4.78 is 10.4. The van der Waals surface area contributed by atoms with E-state index in [0.29, 0.717) is 30.2 Å². The molecule has 1 N–H and O–H groups in total. The van der Waals surface area contributed by atoms with Gasteiger partial charge in [0.25, 0.3) is 5.91 Å². The van der Waals surface area contributed by atoms with E-state index in [9.17, 15) is 4.79 Å². The van der Waals surface area contributed by atoms with Crippen molar-refractivity contribution < 1.29 is 14.1 Å². The molecule has 2 heterocycles. The summed E-state index contributed by atoms with van der Waals surface area (Å²) in [7, 11) is 1.66. The number of ether oxygens (including phenoxy) is 1. The summed E-state index contributed by atoms with van der Waals surface area (Å²) in [5.41, 5.74) is 5.64. The monoisotopic (exact) mass is 440 g/mol. The van der Waals surface area contributed by atoms with Crippen LogP contribution in [0.1, 0.15) is 45.3 Å². The third-order valence-electron chi connectivity index (χ3n) is 5.82. The largest absolute Gasteiger partial charge is 0.497 e. The molecule has 1 amide bonds. The summed E-state index contributed by atoms with van der Waals surface area (Å²) in [4.78, 5) is 22.4. The first kappa shape index (κ1) is 20.9. The molecule has 0 unspecified atom stereocenters. The summed E-state index contributed by atoms with van der Waals surface area (Å²) in [6, 6.07) is 15.7. The lowest BCUT2D eigenvalue weighted by molar-refractivity contribution is 0.0954. The number of aromatic nitrogens is 3. The minimum Gasteiger partial charge on any atom is -0.497 e. The molecule has 0 atom stereocenters. The van der Waals surface area contributed by atoms with Crippen molar-refractivity contribution in [1.82, 2.24) is 20.4 Å². The van der Waals surface area contributed by atoms with Gasteiger partial charge in [0, 0.05) is 18.4 Å². The Morgan fingerprint density at radius 2 is 1.94 bits per heavy atom. The van der Waals surface area contributed by atoms with Gasteiger partial charge in [-0.25, -0.2) is 4.98 Å². The molecular formula is C26H24N4O3. The number of benzene rings is 2. The maximum absolute atomic E-state index is 13.3. The van der Waals surface area contributed by atoms with E-state index in [4.69, 9.17) is 14.2 Å². The second-order valence-corrected chi connectivity index (χ2v) is 8.02. The molecule has 0 fully saturated rings. The fraction of sp³-hybridized carbons (Fsp3) is 0.231. The molecule has 0 saturated carbocycles. The topological polar surface area (TPSA) is 90.1 Å². The first-order valence-electron chi connectivity index (χ1n) is 11.0. The molecule has 33 heavy (non-hydrogen) atoms. The van der Waals surface area contributed by atoms with Crippen LogP contribution in [-0.2, 0) is 12.8 Å². The maximum atomic E-state index is 13.3. The van der Waals surface area contributed by atoms with Gasteiger partial charge in [-0.3, -0.25) is 4.79 Å². The van der Waals surface area contributed by atoms with Gasteiger partial charge in [0.2, 0.25) is 5.89 Å². The highest BCUT2D eigenvalue weighted by Crippen LogP contribution is 2.37. The number of rotatable bonds is 6.